The smallest absolute Gasteiger partial charge is 0.300 e. The molecule has 39 heavy (non-hydrogen) atoms. The number of anilines is 2. The zero-order chi connectivity index (χ0) is 28.3. The van der Waals surface area contributed by atoms with Crippen LogP contribution in [0.1, 0.15) is 43.5 Å². The number of nitrogens with one attached hydrogen (secondary N) is 1. The SMILES string of the molecule is COc1ccccc1C1/C(=C(\O)c2ccc(OCC(C)C)c(C)c2)C(=O)C(=O)N1c1ccc(NC(C)=O)cc1. The highest BCUT2D eigenvalue weighted by atomic mass is 16.5. The average Bonchev–Trinajstić information content (AvgIpc) is 3.17. The van der Waals surface area contributed by atoms with Gasteiger partial charge in [0.25, 0.3) is 11.7 Å². The number of carbonyl (C=O) groups excluding carboxylic acids is 3. The van der Waals surface area contributed by atoms with Gasteiger partial charge in [0.15, 0.2) is 0 Å². The molecular weight excluding hydrogens is 496 g/mol. The van der Waals surface area contributed by atoms with Gasteiger partial charge < -0.3 is 19.9 Å². The summed E-state index contributed by atoms with van der Waals surface area (Å²) in [7, 11) is 1.51. The maximum atomic E-state index is 13.5. The van der Waals surface area contributed by atoms with E-state index in [1.54, 1.807) is 66.7 Å². The number of amides is 2. The molecule has 8 nitrogen and oxygen atoms in total. The van der Waals surface area contributed by atoms with E-state index in [1.807, 2.05) is 6.92 Å². The fourth-order valence-corrected chi connectivity index (χ4v) is 4.56. The first-order valence-corrected chi connectivity index (χ1v) is 12.7. The Kier molecular flexibility index (Phi) is 8.04. The Hall–Kier alpha value is -4.59. The van der Waals surface area contributed by atoms with E-state index < -0.39 is 17.7 Å². The number of aliphatic hydroxyl groups is 1. The van der Waals surface area contributed by atoms with Crippen molar-refractivity contribution in [1.29, 1.82) is 0 Å². The van der Waals surface area contributed by atoms with Crippen LogP contribution in [-0.4, -0.2) is 36.4 Å². The lowest BCUT2D eigenvalue weighted by Crippen LogP contribution is -2.29. The Bertz CT molecular complexity index is 1440. The molecule has 202 valence electrons. The zero-order valence-corrected chi connectivity index (χ0v) is 22.6. The van der Waals surface area contributed by atoms with Crippen LogP contribution in [0.15, 0.2) is 72.3 Å². The fourth-order valence-electron chi connectivity index (χ4n) is 4.56. The molecule has 1 saturated heterocycles. The molecule has 2 N–H and O–H groups in total. The molecule has 1 atom stereocenters. The Morgan fingerprint density at radius 1 is 1.03 bits per heavy atom. The van der Waals surface area contributed by atoms with Crippen LogP contribution in [0.3, 0.4) is 0 Å². The van der Waals surface area contributed by atoms with Crippen LogP contribution < -0.4 is 19.7 Å². The third-order valence-corrected chi connectivity index (χ3v) is 6.36. The number of para-hydroxylation sites is 1. The standard InChI is InChI=1S/C31H32N2O6/c1-18(2)17-39-25-15-10-21(16-19(25)3)29(35)27-28(24-8-6-7-9-26(24)38-5)33(31(37)30(27)36)23-13-11-22(12-14-23)32-20(4)34/h6-16,18,28,35H,17H2,1-5H3,(H,32,34)/b29-27+. The molecule has 2 amide bonds. The van der Waals surface area contributed by atoms with Crippen molar-refractivity contribution < 1.29 is 29.0 Å². The first-order chi connectivity index (χ1) is 18.6. The molecule has 0 aromatic heterocycles. The number of carbonyl (C=O) groups is 3. The van der Waals surface area contributed by atoms with Gasteiger partial charge >= 0.3 is 0 Å². The van der Waals surface area contributed by atoms with Gasteiger partial charge in [0.2, 0.25) is 5.91 Å². The van der Waals surface area contributed by atoms with Crippen LogP contribution in [0.5, 0.6) is 11.5 Å². The van der Waals surface area contributed by atoms with Gasteiger partial charge in [0.1, 0.15) is 17.3 Å². The second-order valence-corrected chi connectivity index (χ2v) is 9.82. The second kappa shape index (κ2) is 11.4. The number of aryl methyl sites for hydroxylation is 1. The zero-order valence-electron chi connectivity index (χ0n) is 22.6. The second-order valence-electron chi connectivity index (χ2n) is 9.82. The molecule has 1 aliphatic rings. The summed E-state index contributed by atoms with van der Waals surface area (Å²) in [5.41, 5.74) is 2.65. The van der Waals surface area contributed by atoms with Crippen molar-refractivity contribution >= 4 is 34.7 Å². The van der Waals surface area contributed by atoms with Crippen molar-refractivity contribution in [3.63, 3.8) is 0 Å². The number of nitrogens with zero attached hydrogens (tertiary/aromatic N) is 1. The van der Waals surface area contributed by atoms with Crippen LogP contribution in [-0.2, 0) is 14.4 Å². The summed E-state index contributed by atoms with van der Waals surface area (Å²) in [5, 5.41) is 14.2. The largest absolute Gasteiger partial charge is 0.507 e. The minimum Gasteiger partial charge on any atom is -0.507 e. The van der Waals surface area contributed by atoms with Gasteiger partial charge in [-0.05, 0) is 66.9 Å². The molecule has 4 rings (SSSR count). The van der Waals surface area contributed by atoms with E-state index in [-0.39, 0.29) is 17.2 Å². The number of aliphatic hydroxyl groups excluding tert-OH is 1. The van der Waals surface area contributed by atoms with E-state index in [4.69, 9.17) is 9.47 Å². The summed E-state index contributed by atoms with van der Waals surface area (Å²) < 4.78 is 11.4. The molecule has 0 saturated carbocycles. The Morgan fingerprint density at radius 2 is 1.72 bits per heavy atom. The average molecular weight is 529 g/mol. The molecule has 8 heteroatoms. The molecule has 3 aromatic carbocycles. The van der Waals surface area contributed by atoms with E-state index in [0.717, 1.165) is 5.56 Å². The minimum absolute atomic E-state index is 0.0503. The minimum atomic E-state index is -0.954. The Balaban J connectivity index is 1.85. The Morgan fingerprint density at radius 3 is 2.33 bits per heavy atom. The predicted octanol–water partition coefficient (Wildman–Crippen LogP) is 5.62. The van der Waals surface area contributed by atoms with E-state index in [1.165, 1.54) is 18.9 Å². The fraction of sp³-hybridized carbons (Fsp3) is 0.258. The number of hydrogen-bond donors (Lipinski definition) is 2. The van der Waals surface area contributed by atoms with Crippen LogP contribution in [0.2, 0.25) is 0 Å². The quantitative estimate of drug-likeness (QED) is 0.223. The van der Waals surface area contributed by atoms with E-state index >= 15 is 0 Å². The lowest BCUT2D eigenvalue weighted by atomic mass is 9.94. The van der Waals surface area contributed by atoms with Gasteiger partial charge in [0.05, 0.1) is 25.3 Å². The molecule has 0 aliphatic carbocycles. The summed E-state index contributed by atoms with van der Waals surface area (Å²) in [6, 6.07) is 17.9. The first kappa shape index (κ1) is 27.4. The summed E-state index contributed by atoms with van der Waals surface area (Å²) >= 11 is 0. The molecule has 1 aliphatic heterocycles. The molecule has 3 aromatic rings. The Labute approximate surface area is 227 Å². The lowest BCUT2D eigenvalue weighted by Gasteiger charge is -2.27. The lowest BCUT2D eigenvalue weighted by molar-refractivity contribution is -0.132. The number of ether oxygens (including phenoxy) is 2. The summed E-state index contributed by atoms with van der Waals surface area (Å²) in [4.78, 5) is 39.8. The van der Waals surface area contributed by atoms with Crippen molar-refractivity contribution in [3.05, 3.63) is 89.0 Å². The van der Waals surface area contributed by atoms with Crippen molar-refractivity contribution in [2.75, 3.05) is 23.9 Å². The van der Waals surface area contributed by atoms with Gasteiger partial charge in [-0.25, -0.2) is 0 Å². The van der Waals surface area contributed by atoms with Crippen molar-refractivity contribution in [3.8, 4) is 11.5 Å². The molecule has 1 fully saturated rings. The maximum Gasteiger partial charge on any atom is 0.300 e. The number of methoxy groups -OCH3 is 1. The molecule has 1 heterocycles. The highest BCUT2D eigenvalue weighted by molar-refractivity contribution is 6.51. The molecule has 0 radical (unpaired) electrons. The monoisotopic (exact) mass is 528 g/mol. The van der Waals surface area contributed by atoms with Crippen LogP contribution in [0.4, 0.5) is 11.4 Å². The normalized spacial score (nSPS) is 16.5. The van der Waals surface area contributed by atoms with Crippen molar-refractivity contribution in [1.82, 2.24) is 0 Å². The molecule has 0 bridgehead atoms. The molecule has 1 unspecified atom stereocenters. The van der Waals surface area contributed by atoms with Gasteiger partial charge in [0, 0.05) is 29.4 Å². The third kappa shape index (κ3) is 5.65. The van der Waals surface area contributed by atoms with Gasteiger partial charge in [-0.15, -0.1) is 0 Å². The number of benzene rings is 3. The van der Waals surface area contributed by atoms with E-state index in [0.29, 0.717) is 46.5 Å². The number of hydrogen-bond acceptors (Lipinski definition) is 6. The van der Waals surface area contributed by atoms with Crippen LogP contribution >= 0.6 is 0 Å². The molecule has 0 spiro atoms. The highest BCUT2D eigenvalue weighted by Gasteiger charge is 2.48. The summed E-state index contributed by atoms with van der Waals surface area (Å²) in [6.07, 6.45) is 0. The first-order valence-electron chi connectivity index (χ1n) is 12.7. The van der Waals surface area contributed by atoms with Crippen molar-refractivity contribution in [2.24, 2.45) is 5.92 Å². The highest BCUT2D eigenvalue weighted by Crippen LogP contribution is 2.45. The van der Waals surface area contributed by atoms with Gasteiger partial charge in [-0.3, -0.25) is 19.3 Å². The van der Waals surface area contributed by atoms with Crippen molar-refractivity contribution in [2.45, 2.75) is 33.7 Å². The summed E-state index contributed by atoms with van der Waals surface area (Å²) in [6.45, 7) is 7.92. The maximum absolute atomic E-state index is 13.5. The van der Waals surface area contributed by atoms with Gasteiger partial charge in [-0.2, -0.15) is 0 Å². The number of Topliss-reactive ketones (excluding diaryl/α,β-unsaturated/α-hetero) is 1. The predicted molar refractivity (Wildman–Crippen MR) is 150 cm³/mol. The summed E-state index contributed by atoms with van der Waals surface area (Å²) in [5.74, 6) is -0.625. The van der Waals surface area contributed by atoms with Crippen LogP contribution in [0, 0.1) is 12.8 Å². The third-order valence-electron chi connectivity index (χ3n) is 6.36. The number of rotatable bonds is 8. The molecular formula is C31H32N2O6. The number of ketones is 1. The van der Waals surface area contributed by atoms with Crippen LogP contribution in [0.25, 0.3) is 5.76 Å². The van der Waals surface area contributed by atoms with Gasteiger partial charge in [-0.1, -0.05) is 32.0 Å². The van der Waals surface area contributed by atoms with E-state index in [2.05, 4.69) is 19.2 Å². The topological polar surface area (TPSA) is 105 Å². The van der Waals surface area contributed by atoms with E-state index in [9.17, 15) is 19.5 Å².